The number of rotatable bonds is 7. The lowest BCUT2D eigenvalue weighted by Crippen LogP contribution is -2.67. The number of piperazine rings is 1. The number of amides is 3. The van der Waals surface area contributed by atoms with E-state index in [0.717, 1.165) is 18.2 Å². The lowest BCUT2D eigenvalue weighted by atomic mass is 9.87. The van der Waals surface area contributed by atoms with Crippen LogP contribution in [-0.4, -0.2) is 40.7 Å². The molecule has 5 rings (SSSR count). The van der Waals surface area contributed by atoms with Gasteiger partial charge in [0.2, 0.25) is 17.7 Å². The quantitative estimate of drug-likeness (QED) is 0.509. The number of nitrogens with zero attached hydrogens (tertiary/aromatic N) is 1. The van der Waals surface area contributed by atoms with Crippen molar-refractivity contribution in [2.45, 2.75) is 71.1 Å². The standard InChI is InChI=1S/C30H35N3O4/c1-17(2)13-24-28(34)32-26(23-14-20-7-5-6-8-21(20)15-23)30(36)33(24)27(29(35)31-18(3)4)22-10-9-19-11-12-37-25(19)16-22/h5-12,16-18,23-24,26-27H,13-15H2,1-4H3,(H,31,35)(H,32,34). The van der Waals surface area contributed by atoms with E-state index < -0.39 is 18.1 Å². The first-order valence-electron chi connectivity index (χ1n) is 13.2. The lowest BCUT2D eigenvalue weighted by molar-refractivity contribution is -0.158. The summed E-state index contributed by atoms with van der Waals surface area (Å²) >= 11 is 0. The third kappa shape index (κ3) is 4.87. The zero-order valence-electron chi connectivity index (χ0n) is 21.9. The van der Waals surface area contributed by atoms with E-state index >= 15 is 0 Å². The molecule has 0 radical (unpaired) electrons. The average molecular weight is 502 g/mol. The van der Waals surface area contributed by atoms with Gasteiger partial charge >= 0.3 is 0 Å². The zero-order valence-corrected chi connectivity index (χ0v) is 21.9. The van der Waals surface area contributed by atoms with Crippen LogP contribution in [-0.2, 0) is 27.2 Å². The molecule has 2 heterocycles. The number of furan rings is 1. The van der Waals surface area contributed by atoms with Gasteiger partial charge in [-0.15, -0.1) is 0 Å². The van der Waals surface area contributed by atoms with Crippen LogP contribution in [0.25, 0.3) is 11.0 Å². The molecule has 37 heavy (non-hydrogen) atoms. The number of hydrogen-bond acceptors (Lipinski definition) is 4. The maximum Gasteiger partial charge on any atom is 0.247 e. The second kappa shape index (κ2) is 10.0. The van der Waals surface area contributed by atoms with E-state index in [1.54, 1.807) is 11.2 Å². The van der Waals surface area contributed by atoms with Gasteiger partial charge in [0.05, 0.1) is 6.26 Å². The topological polar surface area (TPSA) is 91.7 Å². The summed E-state index contributed by atoms with van der Waals surface area (Å²) in [5.74, 6) is -0.606. The molecule has 1 aliphatic carbocycles. The number of carbonyl (C=O) groups excluding carboxylic acids is 3. The van der Waals surface area contributed by atoms with Gasteiger partial charge in [0, 0.05) is 11.4 Å². The van der Waals surface area contributed by atoms with Crippen molar-refractivity contribution in [3.8, 4) is 0 Å². The molecule has 1 saturated heterocycles. The van der Waals surface area contributed by atoms with E-state index in [1.807, 2.05) is 64.1 Å². The highest BCUT2D eigenvalue weighted by molar-refractivity contribution is 6.00. The molecule has 0 saturated carbocycles. The van der Waals surface area contributed by atoms with Gasteiger partial charge < -0.3 is 20.0 Å². The van der Waals surface area contributed by atoms with E-state index in [9.17, 15) is 14.4 Å². The Hall–Kier alpha value is -3.61. The molecule has 7 nitrogen and oxygen atoms in total. The highest BCUT2D eigenvalue weighted by Gasteiger charge is 2.49. The Labute approximate surface area is 217 Å². The van der Waals surface area contributed by atoms with E-state index in [1.165, 1.54) is 11.1 Å². The molecule has 1 aliphatic heterocycles. The minimum atomic E-state index is -0.953. The normalized spacial score (nSPS) is 21.0. The summed E-state index contributed by atoms with van der Waals surface area (Å²) in [6.45, 7) is 7.82. The molecule has 2 aromatic carbocycles. The van der Waals surface area contributed by atoms with Crippen molar-refractivity contribution in [3.05, 3.63) is 71.5 Å². The summed E-state index contributed by atoms with van der Waals surface area (Å²) < 4.78 is 5.62. The molecule has 7 heteroatoms. The Balaban J connectivity index is 1.57. The van der Waals surface area contributed by atoms with Crippen LogP contribution in [0, 0.1) is 11.8 Å². The van der Waals surface area contributed by atoms with Crippen molar-refractivity contribution in [1.82, 2.24) is 15.5 Å². The van der Waals surface area contributed by atoms with Gasteiger partial charge in [-0.25, -0.2) is 0 Å². The minimum Gasteiger partial charge on any atom is -0.464 e. The minimum absolute atomic E-state index is 0.0577. The zero-order chi connectivity index (χ0) is 26.3. The number of hydrogen-bond donors (Lipinski definition) is 2. The summed E-state index contributed by atoms with van der Waals surface area (Å²) in [7, 11) is 0. The fourth-order valence-electron chi connectivity index (χ4n) is 5.82. The van der Waals surface area contributed by atoms with E-state index in [-0.39, 0.29) is 35.6 Å². The highest BCUT2D eigenvalue weighted by atomic mass is 16.3. The van der Waals surface area contributed by atoms with Crippen LogP contribution < -0.4 is 10.6 Å². The largest absolute Gasteiger partial charge is 0.464 e. The average Bonchev–Trinajstić information content (AvgIpc) is 3.49. The molecule has 2 aliphatic rings. The number of carbonyl (C=O) groups is 3. The van der Waals surface area contributed by atoms with Crippen LogP contribution in [0.3, 0.4) is 0 Å². The maximum absolute atomic E-state index is 14.3. The van der Waals surface area contributed by atoms with Gasteiger partial charge in [-0.1, -0.05) is 50.2 Å². The van der Waals surface area contributed by atoms with Crippen LogP contribution in [0.5, 0.6) is 0 Å². The van der Waals surface area contributed by atoms with Crippen molar-refractivity contribution in [2.24, 2.45) is 11.8 Å². The Morgan fingerprint density at radius 3 is 2.41 bits per heavy atom. The van der Waals surface area contributed by atoms with Crippen LogP contribution >= 0.6 is 0 Å². The molecule has 194 valence electrons. The predicted octanol–water partition coefficient (Wildman–Crippen LogP) is 4.16. The maximum atomic E-state index is 14.3. The Kier molecular flexibility index (Phi) is 6.80. The van der Waals surface area contributed by atoms with Gasteiger partial charge in [0.25, 0.3) is 0 Å². The molecule has 1 aromatic heterocycles. The number of nitrogens with one attached hydrogen (secondary N) is 2. The lowest BCUT2D eigenvalue weighted by Gasteiger charge is -2.45. The smallest absolute Gasteiger partial charge is 0.247 e. The molecule has 3 unspecified atom stereocenters. The Morgan fingerprint density at radius 2 is 1.76 bits per heavy atom. The van der Waals surface area contributed by atoms with Crippen LogP contribution in [0.15, 0.2) is 59.2 Å². The summed E-state index contributed by atoms with van der Waals surface area (Å²) in [5.41, 5.74) is 3.69. The first-order chi connectivity index (χ1) is 17.7. The molecule has 1 fully saturated rings. The van der Waals surface area contributed by atoms with Crippen molar-refractivity contribution < 1.29 is 18.8 Å². The third-order valence-electron chi connectivity index (χ3n) is 7.46. The van der Waals surface area contributed by atoms with Crippen LogP contribution in [0.1, 0.15) is 56.8 Å². The molecular formula is C30H35N3O4. The Morgan fingerprint density at radius 1 is 1.05 bits per heavy atom. The molecule has 0 spiro atoms. The SMILES string of the molecule is CC(C)CC1C(=O)NC(C2Cc3ccccc3C2)C(=O)N1C(C(=O)NC(C)C)c1ccc2ccoc2c1. The van der Waals surface area contributed by atoms with E-state index in [0.29, 0.717) is 17.6 Å². The van der Waals surface area contributed by atoms with Gasteiger partial charge in [0.15, 0.2) is 0 Å². The summed E-state index contributed by atoms with van der Waals surface area (Å²) in [4.78, 5) is 43.3. The summed E-state index contributed by atoms with van der Waals surface area (Å²) in [6, 6.07) is 13.1. The van der Waals surface area contributed by atoms with Crippen molar-refractivity contribution in [3.63, 3.8) is 0 Å². The van der Waals surface area contributed by atoms with Gasteiger partial charge in [-0.3, -0.25) is 14.4 Å². The molecule has 0 bridgehead atoms. The molecular weight excluding hydrogens is 466 g/mol. The molecule has 3 aromatic rings. The third-order valence-corrected chi connectivity index (χ3v) is 7.46. The second-order valence-corrected chi connectivity index (χ2v) is 11.1. The second-order valence-electron chi connectivity index (χ2n) is 11.1. The van der Waals surface area contributed by atoms with Crippen LogP contribution in [0.2, 0.25) is 0 Å². The molecule has 3 amide bonds. The summed E-state index contributed by atoms with van der Waals surface area (Å²) in [5, 5.41) is 6.96. The highest BCUT2D eigenvalue weighted by Crippen LogP contribution is 2.36. The number of benzene rings is 2. The van der Waals surface area contributed by atoms with E-state index in [4.69, 9.17) is 4.42 Å². The van der Waals surface area contributed by atoms with Gasteiger partial charge in [-0.05, 0) is 73.8 Å². The Bertz CT molecular complexity index is 1300. The molecule has 3 atom stereocenters. The number of fused-ring (bicyclic) bond motifs is 2. The fourth-order valence-corrected chi connectivity index (χ4v) is 5.82. The van der Waals surface area contributed by atoms with Crippen molar-refractivity contribution in [1.29, 1.82) is 0 Å². The van der Waals surface area contributed by atoms with Crippen molar-refractivity contribution in [2.75, 3.05) is 0 Å². The molecule has 2 N–H and O–H groups in total. The van der Waals surface area contributed by atoms with Crippen LogP contribution in [0.4, 0.5) is 0 Å². The van der Waals surface area contributed by atoms with Gasteiger partial charge in [0.1, 0.15) is 23.7 Å². The predicted molar refractivity (Wildman–Crippen MR) is 142 cm³/mol. The van der Waals surface area contributed by atoms with Gasteiger partial charge in [-0.2, -0.15) is 0 Å². The monoisotopic (exact) mass is 501 g/mol. The first kappa shape index (κ1) is 25.1. The summed E-state index contributed by atoms with van der Waals surface area (Å²) in [6.07, 6.45) is 3.50. The van der Waals surface area contributed by atoms with Crippen molar-refractivity contribution >= 4 is 28.7 Å². The first-order valence-corrected chi connectivity index (χ1v) is 13.2. The fraction of sp³-hybridized carbons (Fsp3) is 0.433. The van der Waals surface area contributed by atoms with E-state index in [2.05, 4.69) is 22.8 Å².